The van der Waals surface area contributed by atoms with E-state index >= 15 is 0 Å². The first kappa shape index (κ1) is 15.6. The number of nitrogens with zero attached hydrogens (tertiary/aromatic N) is 2. The van der Waals surface area contributed by atoms with Crippen molar-refractivity contribution in [3.8, 4) is 0 Å². The summed E-state index contributed by atoms with van der Waals surface area (Å²) < 4.78 is 1.81. The molecule has 120 valence electrons. The van der Waals surface area contributed by atoms with Crippen molar-refractivity contribution in [3.63, 3.8) is 0 Å². The second-order valence-electron chi connectivity index (χ2n) is 6.00. The first-order chi connectivity index (χ1) is 11.2. The van der Waals surface area contributed by atoms with Crippen molar-refractivity contribution in [1.29, 1.82) is 0 Å². The Morgan fingerprint density at radius 1 is 0.913 bits per heavy atom. The SMILES string of the molecule is CN(C)CCCCOn1c2ccccc2c(=O)c2ccccc21. The van der Waals surface area contributed by atoms with E-state index in [9.17, 15) is 4.79 Å². The first-order valence-electron chi connectivity index (χ1n) is 7.99. The predicted molar refractivity (Wildman–Crippen MR) is 94.9 cm³/mol. The van der Waals surface area contributed by atoms with Crippen LogP contribution in [0.5, 0.6) is 0 Å². The van der Waals surface area contributed by atoms with Gasteiger partial charge in [-0.2, -0.15) is 4.73 Å². The summed E-state index contributed by atoms with van der Waals surface area (Å²) >= 11 is 0. The number of aromatic nitrogens is 1. The van der Waals surface area contributed by atoms with E-state index in [-0.39, 0.29) is 5.43 Å². The van der Waals surface area contributed by atoms with Crippen LogP contribution in [0.3, 0.4) is 0 Å². The van der Waals surface area contributed by atoms with E-state index in [0.717, 1.165) is 30.4 Å². The van der Waals surface area contributed by atoms with Gasteiger partial charge in [-0.1, -0.05) is 24.3 Å². The smallest absolute Gasteiger partial charge is 0.197 e. The monoisotopic (exact) mass is 310 g/mol. The quantitative estimate of drug-likeness (QED) is 0.518. The van der Waals surface area contributed by atoms with E-state index in [1.807, 2.05) is 53.3 Å². The van der Waals surface area contributed by atoms with Crippen molar-refractivity contribution in [1.82, 2.24) is 9.63 Å². The first-order valence-corrected chi connectivity index (χ1v) is 7.99. The Bertz CT molecular complexity index is 808. The van der Waals surface area contributed by atoms with Gasteiger partial charge < -0.3 is 9.74 Å². The van der Waals surface area contributed by atoms with Crippen LogP contribution in [0, 0.1) is 0 Å². The van der Waals surface area contributed by atoms with Gasteiger partial charge >= 0.3 is 0 Å². The average Bonchev–Trinajstić information content (AvgIpc) is 2.57. The summed E-state index contributed by atoms with van der Waals surface area (Å²) in [5.41, 5.74) is 1.70. The number of para-hydroxylation sites is 2. The zero-order valence-electron chi connectivity index (χ0n) is 13.7. The minimum absolute atomic E-state index is 0.0589. The Hall–Kier alpha value is -2.33. The fraction of sp³-hybridized carbons (Fsp3) is 0.316. The molecule has 0 bridgehead atoms. The summed E-state index contributed by atoms with van der Waals surface area (Å²) in [5, 5.41) is 1.39. The molecule has 1 heterocycles. The Labute approximate surface area is 135 Å². The fourth-order valence-electron chi connectivity index (χ4n) is 2.79. The van der Waals surface area contributed by atoms with Gasteiger partial charge in [0.25, 0.3) is 0 Å². The largest absolute Gasteiger partial charge is 0.413 e. The van der Waals surface area contributed by atoms with Gasteiger partial charge in [-0.25, -0.2) is 0 Å². The molecule has 4 heteroatoms. The zero-order chi connectivity index (χ0) is 16.2. The van der Waals surface area contributed by atoms with E-state index in [0.29, 0.717) is 17.4 Å². The molecule has 0 spiro atoms. The molecule has 0 aliphatic rings. The van der Waals surface area contributed by atoms with Crippen LogP contribution in [0.2, 0.25) is 0 Å². The Morgan fingerprint density at radius 2 is 1.48 bits per heavy atom. The highest BCUT2D eigenvalue weighted by Crippen LogP contribution is 2.17. The molecule has 0 atom stereocenters. The topological polar surface area (TPSA) is 34.5 Å². The average molecular weight is 310 g/mol. The number of unbranched alkanes of at least 4 members (excludes halogenated alkanes) is 1. The third kappa shape index (κ3) is 3.22. The molecule has 0 saturated heterocycles. The van der Waals surface area contributed by atoms with Crippen LogP contribution < -0.4 is 10.3 Å². The maximum atomic E-state index is 12.6. The molecule has 0 N–H and O–H groups in total. The van der Waals surface area contributed by atoms with Crippen molar-refractivity contribution in [2.75, 3.05) is 27.2 Å². The Morgan fingerprint density at radius 3 is 2.04 bits per heavy atom. The second kappa shape index (κ2) is 6.84. The van der Waals surface area contributed by atoms with Crippen molar-refractivity contribution < 1.29 is 4.84 Å². The van der Waals surface area contributed by atoms with Gasteiger partial charge in [0.1, 0.15) is 6.61 Å². The summed E-state index contributed by atoms with van der Waals surface area (Å²) in [6.07, 6.45) is 2.07. The number of fused-ring (bicyclic) bond motifs is 2. The van der Waals surface area contributed by atoms with Gasteiger partial charge in [0.2, 0.25) is 0 Å². The number of rotatable bonds is 6. The molecule has 0 unspecified atom stereocenters. The number of benzene rings is 2. The van der Waals surface area contributed by atoms with E-state index in [1.165, 1.54) is 0 Å². The van der Waals surface area contributed by atoms with E-state index in [2.05, 4.69) is 19.0 Å². The molecule has 4 nitrogen and oxygen atoms in total. The Balaban J connectivity index is 1.96. The normalized spacial score (nSPS) is 11.4. The molecular formula is C19H22N2O2. The number of pyridine rings is 1. The van der Waals surface area contributed by atoms with Crippen molar-refractivity contribution >= 4 is 21.8 Å². The maximum Gasteiger partial charge on any atom is 0.197 e. The highest BCUT2D eigenvalue weighted by molar-refractivity contribution is 5.92. The lowest BCUT2D eigenvalue weighted by Gasteiger charge is -2.16. The summed E-state index contributed by atoms with van der Waals surface area (Å²) in [7, 11) is 4.15. The van der Waals surface area contributed by atoms with Gasteiger partial charge in [-0.3, -0.25) is 4.79 Å². The van der Waals surface area contributed by atoms with Crippen molar-refractivity contribution in [3.05, 3.63) is 58.8 Å². The molecule has 0 amide bonds. The van der Waals surface area contributed by atoms with Gasteiger partial charge in [0, 0.05) is 10.8 Å². The third-order valence-electron chi connectivity index (χ3n) is 3.96. The van der Waals surface area contributed by atoms with Crippen molar-refractivity contribution in [2.24, 2.45) is 0 Å². The summed E-state index contributed by atoms with van der Waals surface area (Å²) in [5.74, 6) is 0. The molecule has 1 aromatic heterocycles. The molecule has 0 saturated carbocycles. The van der Waals surface area contributed by atoms with Crippen LogP contribution in [0.15, 0.2) is 53.3 Å². The predicted octanol–water partition coefficient (Wildman–Crippen LogP) is 2.93. The van der Waals surface area contributed by atoms with Crippen molar-refractivity contribution in [2.45, 2.75) is 12.8 Å². The van der Waals surface area contributed by atoms with Crippen LogP contribution in [0.1, 0.15) is 12.8 Å². The molecule has 0 radical (unpaired) electrons. The molecule has 0 fully saturated rings. The zero-order valence-corrected chi connectivity index (χ0v) is 13.7. The summed E-state index contributed by atoms with van der Waals surface area (Å²) in [6.45, 7) is 1.68. The molecule has 0 aliphatic heterocycles. The molecular weight excluding hydrogens is 288 g/mol. The standard InChI is InChI=1S/C19H22N2O2/c1-20(2)13-7-8-14-23-21-17-11-5-3-9-15(17)19(22)16-10-4-6-12-18(16)21/h3-6,9-12H,7-8,13-14H2,1-2H3. The maximum absolute atomic E-state index is 12.6. The fourth-order valence-corrected chi connectivity index (χ4v) is 2.79. The van der Waals surface area contributed by atoms with Crippen LogP contribution in [-0.4, -0.2) is 36.9 Å². The third-order valence-corrected chi connectivity index (χ3v) is 3.96. The summed E-state index contributed by atoms with van der Waals surface area (Å²) in [6, 6.07) is 15.2. The molecule has 3 rings (SSSR count). The summed E-state index contributed by atoms with van der Waals surface area (Å²) in [4.78, 5) is 20.8. The highest BCUT2D eigenvalue weighted by Gasteiger charge is 2.10. The molecule has 0 aliphatic carbocycles. The minimum Gasteiger partial charge on any atom is -0.413 e. The minimum atomic E-state index is 0.0589. The van der Waals surface area contributed by atoms with E-state index in [1.54, 1.807) is 0 Å². The van der Waals surface area contributed by atoms with E-state index < -0.39 is 0 Å². The van der Waals surface area contributed by atoms with Gasteiger partial charge in [0.05, 0.1) is 11.0 Å². The second-order valence-corrected chi connectivity index (χ2v) is 6.00. The van der Waals surface area contributed by atoms with E-state index in [4.69, 9.17) is 4.84 Å². The van der Waals surface area contributed by atoms with Gasteiger partial charge in [-0.05, 0) is 57.7 Å². The number of hydrogen-bond acceptors (Lipinski definition) is 3. The number of hydrogen-bond donors (Lipinski definition) is 0. The lowest BCUT2D eigenvalue weighted by molar-refractivity contribution is 0.123. The van der Waals surface area contributed by atoms with Crippen LogP contribution >= 0.6 is 0 Å². The lowest BCUT2D eigenvalue weighted by atomic mass is 10.1. The highest BCUT2D eigenvalue weighted by atomic mass is 16.7. The lowest BCUT2D eigenvalue weighted by Crippen LogP contribution is -2.20. The van der Waals surface area contributed by atoms with Crippen LogP contribution in [-0.2, 0) is 0 Å². The van der Waals surface area contributed by atoms with Gasteiger partial charge in [-0.15, -0.1) is 0 Å². The molecule has 23 heavy (non-hydrogen) atoms. The van der Waals surface area contributed by atoms with Gasteiger partial charge in [0.15, 0.2) is 5.43 Å². The molecule has 3 aromatic rings. The Kier molecular flexibility index (Phi) is 4.63. The molecule has 2 aromatic carbocycles. The van der Waals surface area contributed by atoms with Crippen LogP contribution in [0.4, 0.5) is 0 Å². The van der Waals surface area contributed by atoms with Crippen LogP contribution in [0.25, 0.3) is 21.8 Å².